The van der Waals surface area contributed by atoms with Crippen molar-refractivity contribution in [3.8, 4) is 19.5 Å². The van der Waals surface area contributed by atoms with Gasteiger partial charge in [-0.15, -0.1) is 34.0 Å². The number of unbranched alkanes of at least 4 members (excludes halogenated alkanes) is 1. The number of imide groups is 1. The minimum Gasteiger partial charge on any atom is -0.274 e. The average molecular weight is 509 g/mol. The summed E-state index contributed by atoms with van der Waals surface area (Å²) in [5.74, 6) is 0.111. The Morgan fingerprint density at radius 3 is 2.28 bits per heavy atom. The van der Waals surface area contributed by atoms with Crippen LogP contribution in [0.5, 0.6) is 0 Å². The van der Waals surface area contributed by atoms with E-state index in [0.29, 0.717) is 23.6 Å². The fraction of sp³-hybridized carbons (Fsp3) is 0.364. The molecule has 7 heteroatoms. The zero-order valence-electron chi connectivity index (χ0n) is 16.4. The highest BCUT2D eigenvalue weighted by Crippen LogP contribution is 2.49. The van der Waals surface area contributed by atoms with E-state index in [1.165, 1.54) is 4.90 Å². The molecule has 152 valence electrons. The lowest BCUT2D eigenvalue weighted by atomic mass is 9.99. The van der Waals surface area contributed by atoms with Gasteiger partial charge in [-0.05, 0) is 51.8 Å². The van der Waals surface area contributed by atoms with Crippen LogP contribution in [0, 0.1) is 5.92 Å². The maximum absolute atomic E-state index is 13.4. The lowest BCUT2D eigenvalue weighted by Gasteiger charge is -2.21. The summed E-state index contributed by atoms with van der Waals surface area (Å²) in [5.41, 5.74) is 1.20. The first-order valence-electron chi connectivity index (χ1n) is 9.87. The van der Waals surface area contributed by atoms with Crippen molar-refractivity contribution in [2.75, 3.05) is 6.54 Å². The molecule has 3 aromatic rings. The number of carbonyl (C=O) groups excluding carboxylic acids is 2. The Labute approximate surface area is 191 Å². The maximum atomic E-state index is 13.4. The van der Waals surface area contributed by atoms with Crippen molar-refractivity contribution in [3.63, 3.8) is 0 Å². The number of fused-ring (bicyclic) bond motifs is 1. The molecule has 4 rings (SSSR count). The van der Waals surface area contributed by atoms with Gasteiger partial charge in [-0.3, -0.25) is 14.5 Å². The van der Waals surface area contributed by atoms with Crippen molar-refractivity contribution in [2.45, 2.75) is 39.5 Å². The Morgan fingerprint density at radius 2 is 1.72 bits per heavy atom. The van der Waals surface area contributed by atoms with Gasteiger partial charge >= 0.3 is 0 Å². The highest BCUT2D eigenvalue weighted by atomic mass is 79.9. The lowest BCUT2D eigenvalue weighted by molar-refractivity contribution is 0.0624. The largest absolute Gasteiger partial charge is 0.274 e. The summed E-state index contributed by atoms with van der Waals surface area (Å²) in [5, 5.41) is 2.01. The monoisotopic (exact) mass is 507 g/mol. The molecule has 1 atom stereocenters. The number of amides is 2. The summed E-state index contributed by atoms with van der Waals surface area (Å²) in [6.07, 6.45) is 4.29. The number of hydrogen-bond donors (Lipinski definition) is 0. The number of thiophene rings is 3. The van der Waals surface area contributed by atoms with E-state index in [0.717, 1.165) is 49.0 Å². The fourth-order valence-electron chi connectivity index (χ4n) is 3.73. The van der Waals surface area contributed by atoms with Gasteiger partial charge in [0.15, 0.2) is 0 Å². The molecule has 1 aliphatic rings. The molecular weight excluding hydrogens is 486 g/mol. The zero-order valence-corrected chi connectivity index (χ0v) is 20.4. The van der Waals surface area contributed by atoms with E-state index in [9.17, 15) is 9.59 Å². The van der Waals surface area contributed by atoms with Crippen LogP contribution in [0.25, 0.3) is 19.5 Å². The molecule has 3 aromatic heterocycles. The van der Waals surface area contributed by atoms with Crippen molar-refractivity contribution in [1.29, 1.82) is 0 Å². The van der Waals surface area contributed by atoms with Crippen molar-refractivity contribution in [2.24, 2.45) is 5.92 Å². The first kappa shape index (κ1) is 21.0. The third-order valence-electron chi connectivity index (χ3n) is 5.35. The molecule has 0 aliphatic carbocycles. The van der Waals surface area contributed by atoms with Gasteiger partial charge in [0.05, 0.1) is 24.7 Å². The minimum absolute atomic E-state index is 0.124. The van der Waals surface area contributed by atoms with Crippen molar-refractivity contribution in [1.82, 2.24) is 4.90 Å². The summed E-state index contributed by atoms with van der Waals surface area (Å²) < 4.78 is 1.02. The topological polar surface area (TPSA) is 37.4 Å². The predicted octanol–water partition coefficient (Wildman–Crippen LogP) is 7.78. The van der Waals surface area contributed by atoms with Gasteiger partial charge in [0.1, 0.15) is 0 Å². The van der Waals surface area contributed by atoms with E-state index in [4.69, 9.17) is 0 Å². The third kappa shape index (κ3) is 3.90. The number of rotatable bonds is 8. The Morgan fingerprint density at radius 1 is 1.00 bits per heavy atom. The molecule has 0 N–H and O–H groups in total. The second kappa shape index (κ2) is 8.84. The van der Waals surface area contributed by atoms with E-state index in [-0.39, 0.29) is 11.8 Å². The molecule has 0 radical (unpaired) electrons. The molecule has 0 saturated heterocycles. The standard InChI is InChI=1S/C22H22BrNO2S3/c1-3-5-7-13(4-2)12-24-21(25)17-18(22(24)26)20(15-9-10-16(23)28-15)29-19(17)14-8-6-11-27-14/h6,8-11,13H,3-5,7,12H2,1-2H3. The van der Waals surface area contributed by atoms with Crippen LogP contribution < -0.4 is 0 Å². The van der Waals surface area contributed by atoms with Gasteiger partial charge in [-0.2, -0.15) is 0 Å². The lowest BCUT2D eigenvalue weighted by Crippen LogP contribution is -2.34. The van der Waals surface area contributed by atoms with Gasteiger partial charge in [0, 0.05) is 16.3 Å². The summed E-state index contributed by atoms with van der Waals surface area (Å²) in [4.78, 5) is 32.3. The Kier molecular flexibility index (Phi) is 6.39. The van der Waals surface area contributed by atoms with Crippen LogP contribution in [0.1, 0.15) is 60.2 Å². The summed E-state index contributed by atoms with van der Waals surface area (Å²) in [6.45, 7) is 4.84. The van der Waals surface area contributed by atoms with Gasteiger partial charge < -0.3 is 0 Å². The van der Waals surface area contributed by atoms with Crippen LogP contribution >= 0.6 is 49.9 Å². The maximum Gasteiger partial charge on any atom is 0.263 e. The summed E-state index contributed by atoms with van der Waals surface area (Å²) in [6, 6.07) is 8.04. The number of hydrogen-bond acceptors (Lipinski definition) is 5. The number of nitrogens with zero attached hydrogens (tertiary/aromatic N) is 1. The Hall–Kier alpha value is -1.28. The molecule has 0 bridgehead atoms. The molecule has 0 aromatic carbocycles. The molecule has 3 nitrogen and oxygen atoms in total. The average Bonchev–Trinajstić information content (AvgIpc) is 3.48. The first-order chi connectivity index (χ1) is 14.0. The first-order valence-corrected chi connectivity index (χ1v) is 13.2. The van der Waals surface area contributed by atoms with Gasteiger partial charge in [0.2, 0.25) is 0 Å². The smallest absolute Gasteiger partial charge is 0.263 e. The SMILES string of the molecule is CCCCC(CC)CN1C(=O)c2c(-c3cccs3)sc(-c3ccc(Br)s3)c2C1=O. The quantitative estimate of drug-likeness (QED) is 0.292. The van der Waals surface area contributed by atoms with Crippen LogP contribution in [0.2, 0.25) is 0 Å². The minimum atomic E-state index is -0.126. The summed E-state index contributed by atoms with van der Waals surface area (Å²) >= 11 is 8.30. The van der Waals surface area contributed by atoms with Crippen LogP contribution in [0.15, 0.2) is 33.4 Å². The second-order valence-corrected chi connectivity index (χ2v) is 11.7. The molecule has 2 amide bonds. The normalized spacial score (nSPS) is 14.7. The number of halogens is 1. The molecular formula is C22H22BrNO2S3. The van der Waals surface area contributed by atoms with E-state index in [2.05, 4.69) is 29.8 Å². The highest BCUT2D eigenvalue weighted by Gasteiger charge is 2.43. The van der Waals surface area contributed by atoms with Crippen molar-refractivity contribution in [3.05, 3.63) is 44.6 Å². The predicted molar refractivity (Wildman–Crippen MR) is 127 cm³/mol. The molecule has 0 fully saturated rings. The zero-order chi connectivity index (χ0) is 20.5. The molecule has 1 aliphatic heterocycles. The van der Waals surface area contributed by atoms with Crippen LogP contribution in [0.3, 0.4) is 0 Å². The Balaban J connectivity index is 1.77. The molecule has 0 saturated carbocycles. The molecule has 0 spiro atoms. The van der Waals surface area contributed by atoms with E-state index in [1.54, 1.807) is 34.0 Å². The van der Waals surface area contributed by atoms with Gasteiger partial charge in [-0.1, -0.05) is 39.2 Å². The van der Waals surface area contributed by atoms with E-state index >= 15 is 0 Å². The van der Waals surface area contributed by atoms with Crippen LogP contribution in [-0.4, -0.2) is 23.3 Å². The summed E-state index contributed by atoms with van der Waals surface area (Å²) in [7, 11) is 0. The highest BCUT2D eigenvalue weighted by molar-refractivity contribution is 9.11. The van der Waals surface area contributed by atoms with Crippen LogP contribution in [0.4, 0.5) is 0 Å². The second-order valence-electron chi connectivity index (χ2n) is 7.23. The molecule has 1 unspecified atom stereocenters. The Bertz CT molecular complexity index is 1030. The number of carbonyl (C=O) groups is 2. The van der Waals surface area contributed by atoms with Crippen molar-refractivity contribution < 1.29 is 9.59 Å². The molecule has 4 heterocycles. The van der Waals surface area contributed by atoms with E-state index in [1.807, 2.05) is 29.6 Å². The van der Waals surface area contributed by atoms with Crippen molar-refractivity contribution >= 4 is 61.8 Å². The fourth-order valence-corrected chi connectivity index (χ4v) is 7.38. The third-order valence-corrected chi connectivity index (χ3v) is 9.40. The van der Waals surface area contributed by atoms with Gasteiger partial charge in [-0.25, -0.2) is 0 Å². The van der Waals surface area contributed by atoms with E-state index < -0.39 is 0 Å². The molecule has 29 heavy (non-hydrogen) atoms. The van der Waals surface area contributed by atoms with Gasteiger partial charge in [0.25, 0.3) is 11.8 Å². The van der Waals surface area contributed by atoms with Crippen LogP contribution in [-0.2, 0) is 0 Å².